The van der Waals surface area contributed by atoms with Crippen molar-refractivity contribution in [3.63, 3.8) is 0 Å². The molecule has 0 aliphatic rings. The largest absolute Gasteiger partial charge is 0.366 e. The summed E-state index contributed by atoms with van der Waals surface area (Å²) in [5.41, 5.74) is 3.19. The summed E-state index contributed by atoms with van der Waals surface area (Å²) in [6, 6.07) is 21.4. The van der Waals surface area contributed by atoms with E-state index in [1.807, 2.05) is 42.5 Å². The Hall–Kier alpha value is -2.85. The number of hydrogen-bond acceptors (Lipinski definition) is 3. The molecule has 3 rings (SSSR count). The fraction of sp³-hybridized carbons (Fsp3) is 0.182. The summed E-state index contributed by atoms with van der Waals surface area (Å²) in [4.78, 5) is 18.8. The Morgan fingerprint density at radius 1 is 1.00 bits per heavy atom. The predicted octanol–water partition coefficient (Wildman–Crippen LogP) is 4.94. The maximum absolute atomic E-state index is 12.2. The number of pyridine rings is 1. The van der Waals surface area contributed by atoms with Gasteiger partial charge in [-0.05, 0) is 42.3 Å². The van der Waals surface area contributed by atoms with Gasteiger partial charge in [-0.1, -0.05) is 54.1 Å². The van der Waals surface area contributed by atoms with Crippen LogP contribution in [0.3, 0.4) is 0 Å². The van der Waals surface area contributed by atoms with Crippen molar-refractivity contribution in [1.82, 2.24) is 4.98 Å². The van der Waals surface area contributed by atoms with Gasteiger partial charge in [0.15, 0.2) is 0 Å². The third-order valence-electron chi connectivity index (χ3n) is 4.26. The molecule has 27 heavy (non-hydrogen) atoms. The fourth-order valence-electron chi connectivity index (χ4n) is 2.81. The SMILES string of the molecule is CCN(Cc1ccccc1)c1ccc(NC(=O)Cc2ccc(Cl)cc2)nc1. The molecule has 1 aromatic heterocycles. The second-order valence-electron chi connectivity index (χ2n) is 6.25. The molecular weight excluding hydrogens is 358 g/mol. The van der Waals surface area contributed by atoms with Crippen molar-refractivity contribution in [2.45, 2.75) is 19.9 Å². The minimum absolute atomic E-state index is 0.103. The molecule has 0 radical (unpaired) electrons. The average molecular weight is 380 g/mol. The van der Waals surface area contributed by atoms with Crippen molar-refractivity contribution in [3.05, 3.63) is 89.1 Å². The molecule has 1 heterocycles. The van der Waals surface area contributed by atoms with Gasteiger partial charge in [0.1, 0.15) is 5.82 Å². The lowest BCUT2D eigenvalue weighted by atomic mass is 10.1. The molecule has 2 aromatic carbocycles. The van der Waals surface area contributed by atoms with Gasteiger partial charge in [-0.2, -0.15) is 0 Å². The highest BCUT2D eigenvalue weighted by molar-refractivity contribution is 6.30. The number of rotatable bonds is 7. The molecule has 3 aromatic rings. The Bertz CT molecular complexity index is 864. The van der Waals surface area contributed by atoms with Crippen LogP contribution in [0.4, 0.5) is 11.5 Å². The third kappa shape index (κ3) is 5.56. The Balaban J connectivity index is 1.60. The van der Waals surface area contributed by atoms with Crippen LogP contribution in [0.15, 0.2) is 72.9 Å². The summed E-state index contributed by atoms with van der Waals surface area (Å²) < 4.78 is 0. The van der Waals surface area contributed by atoms with E-state index in [0.717, 1.165) is 24.3 Å². The van der Waals surface area contributed by atoms with Crippen molar-refractivity contribution >= 4 is 29.0 Å². The van der Waals surface area contributed by atoms with Crippen LogP contribution in [0.25, 0.3) is 0 Å². The second kappa shape index (κ2) is 9.19. The van der Waals surface area contributed by atoms with Gasteiger partial charge in [-0.3, -0.25) is 4.79 Å². The van der Waals surface area contributed by atoms with Gasteiger partial charge < -0.3 is 10.2 Å². The van der Waals surface area contributed by atoms with E-state index in [-0.39, 0.29) is 12.3 Å². The summed E-state index contributed by atoms with van der Waals surface area (Å²) in [6.07, 6.45) is 2.08. The van der Waals surface area contributed by atoms with E-state index in [1.54, 1.807) is 18.3 Å². The number of carbonyl (C=O) groups is 1. The highest BCUT2D eigenvalue weighted by Gasteiger charge is 2.08. The molecule has 0 spiro atoms. The molecule has 0 atom stereocenters. The van der Waals surface area contributed by atoms with Gasteiger partial charge in [-0.25, -0.2) is 4.98 Å². The van der Waals surface area contributed by atoms with Gasteiger partial charge in [0.05, 0.1) is 18.3 Å². The zero-order chi connectivity index (χ0) is 19.1. The number of nitrogens with zero attached hydrogens (tertiary/aromatic N) is 2. The fourth-order valence-corrected chi connectivity index (χ4v) is 2.94. The monoisotopic (exact) mass is 379 g/mol. The summed E-state index contributed by atoms with van der Waals surface area (Å²) >= 11 is 5.87. The number of benzene rings is 2. The number of hydrogen-bond donors (Lipinski definition) is 1. The quantitative estimate of drug-likeness (QED) is 0.632. The first-order valence-corrected chi connectivity index (χ1v) is 9.31. The van der Waals surface area contributed by atoms with Gasteiger partial charge in [0, 0.05) is 18.1 Å². The number of amides is 1. The number of carbonyl (C=O) groups excluding carboxylic acids is 1. The first-order chi connectivity index (χ1) is 13.1. The molecule has 0 fully saturated rings. The van der Waals surface area contributed by atoms with Crippen LogP contribution < -0.4 is 10.2 Å². The molecule has 0 saturated carbocycles. The normalized spacial score (nSPS) is 10.4. The van der Waals surface area contributed by atoms with Crippen molar-refractivity contribution in [1.29, 1.82) is 0 Å². The van der Waals surface area contributed by atoms with Crippen LogP contribution >= 0.6 is 11.6 Å². The maximum atomic E-state index is 12.2. The predicted molar refractivity (Wildman–Crippen MR) is 111 cm³/mol. The number of aromatic nitrogens is 1. The van der Waals surface area contributed by atoms with E-state index < -0.39 is 0 Å². The van der Waals surface area contributed by atoms with Crippen LogP contribution in [-0.4, -0.2) is 17.4 Å². The lowest BCUT2D eigenvalue weighted by Gasteiger charge is -2.23. The van der Waals surface area contributed by atoms with Crippen molar-refractivity contribution in [2.24, 2.45) is 0 Å². The molecule has 5 heteroatoms. The van der Waals surface area contributed by atoms with Crippen LogP contribution in [0.1, 0.15) is 18.1 Å². The van der Waals surface area contributed by atoms with Crippen molar-refractivity contribution in [3.8, 4) is 0 Å². The maximum Gasteiger partial charge on any atom is 0.229 e. The molecule has 0 aliphatic heterocycles. The van der Waals surface area contributed by atoms with E-state index in [0.29, 0.717) is 10.8 Å². The van der Waals surface area contributed by atoms with Crippen LogP contribution in [-0.2, 0) is 17.8 Å². The Morgan fingerprint density at radius 2 is 1.74 bits per heavy atom. The molecular formula is C22H22ClN3O. The van der Waals surface area contributed by atoms with E-state index in [2.05, 4.69) is 34.3 Å². The molecule has 138 valence electrons. The van der Waals surface area contributed by atoms with Gasteiger partial charge in [0.2, 0.25) is 5.91 Å². The average Bonchev–Trinajstić information content (AvgIpc) is 2.69. The lowest BCUT2D eigenvalue weighted by Crippen LogP contribution is -2.22. The smallest absolute Gasteiger partial charge is 0.229 e. The topological polar surface area (TPSA) is 45.2 Å². The summed E-state index contributed by atoms with van der Waals surface area (Å²) in [5.74, 6) is 0.447. The third-order valence-corrected chi connectivity index (χ3v) is 4.51. The Labute approximate surface area is 164 Å². The van der Waals surface area contributed by atoms with Crippen LogP contribution in [0, 0.1) is 0 Å². The highest BCUT2D eigenvalue weighted by Crippen LogP contribution is 2.18. The summed E-state index contributed by atoms with van der Waals surface area (Å²) in [6.45, 7) is 3.81. The zero-order valence-corrected chi connectivity index (χ0v) is 16.0. The molecule has 0 saturated heterocycles. The summed E-state index contributed by atoms with van der Waals surface area (Å²) in [5, 5.41) is 3.50. The first-order valence-electron chi connectivity index (χ1n) is 8.93. The van der Waals surface area contributed by atoms with E-state index >= 15 is 0 Å². The van der Waals surface area contributed by atoms with E-state index in [1.165, 1.54) is 5.56 Å². The molecule has 0 unspecified atom stereocenters. The van der Waals surface area contributed by atoms with Crippen LogP contribution in [0.5, 0.6) is 0 Å². The Kier molecular flexibility index (Phi) is 6.44. The Morgan fingerprint density at radius 3 is 2.37 bits per heavy atom. The molecule has 4 nitrogen and oxygen atoms in total. The zero-order valence-electron chi connectivity index (χ0n) is 15.2. The molecule has 1 amide bonds. The van der Waals surface area contributed by atoms with Gasteiger partial charge in [0.25, 0.3) is 0 Å². The van der Waals surface area contributed by atoms with Crippen LogP contribution in [0.2, 0.25) is 5.02 Å². The standard InChI is InChI=1S/C22H22ClN3O/c1-2-26(16-18-6-4-3-5-7-18)20-12-13-21(24-15-20)25-22(27)14-17-8-10-19(23)11-9-17/h3-13,15H,2,14,16H2,1H3,(H,24,25,27). The van der Waals surface area contributed by atoms with Gasteiger partial charge in [-0.15, -0.1) is 0 Å². The summed E-state index contributed by atoms with van der Waals surface area (Å²) in [7, 11) is 0. The van der Waals surface area contributed by atoms with Gasteiger partial charge >= 0.3 is 0 Å². The minimum atomic E-state index is -0.103. The number of halogens is 1. The van der Waals surface area contributed by atoms with Crippen molar-refractivity contribution < 1.29 is 4.79 Å². The van der Waals surface area contributed by atoms with E-state index in [9.17, 15) is 4.79 Å². The number of nitrogens with one attached hydrogen (secondary N) is 1. The number of anilines is 2. The molecule has 1 N–H and O–H groups in total. The molecule has 0 bridgehead atoms. The first kappa shape index (κ1) is 18.9. The highest BCUT2D eigenvalue weighted by atomic mass is 35.5. The van der Waals surface area contributed by atoms with E-state index in [4.69, 9.17) is 11.6 Å². The minimum Gasteiger partial charge on any atom is -0.366 e. The second-order valence-corrected chi connectivity index (χ2v) is 6.69. The van der Waals surface area contributed by atoms with Crippen molar-refractivity contribution in [2.75, 3.05) is 16.8 Å². The molecule has 0 aliphatic carbocycles. The lowest BCUT2D eigenvalue weighted by molar-refractivity contribution is -0.115.